The molecule has 0 heterocycles. The highest BCUT2D eigenvalue weighted by atomic mass is 16.6. The summed E-state index contributed by atoms with van der Waals surface area (Å²) < 4.78 is 13.4. The van der Waals surface area contributed by atoms with Gasteiger partial charge >= 0.3 is 31.0 Å². The van der Waals surface area contributed by atoms with Crippen LogP contribution in [0.4, 0.5) is 0 Å². The number of esters is 3. The first-order valence-electron chi connectivity index (χ1n) is 6.02. The molecule has 0 aromatic rings. The van der Waals surface area contributed by atoms with Gasteiger partial charge in [0.1, 0.15) is 19.6 Å². The van der Waals surface area contributed by atoms with E-state index >= 15 is 0 Å². The van der Waals surface area contributed by atoms with E-state index < -0.39 is 17.9 Å². The van der Waals surface area contributed by atoms with Crippen molar-refractivity contribution in [2.45, 2.75) is 13.3 Å². The van der Waals surface area contributed by atoms with Crippen LogP contribution in [0, 0.1) is 24.5 Å². The van der Waals surface area contributed by atoms with Gasteiger partial charge in [-0.15, -0.1) is 0 Å². The summed E-state index contributed by atoms with van der Waals surface area (Å²) in [5, 5.41) is 8.08. The first-order valence-corrected chi connectivity index (χ1v) is 6.02. The van der Waals surface area contributed by atoms with Crippen LogP contribution >= 0.6 is 0 Å². The lowest BCUT2D eigenvalue weighted by Crippen LogP contribution is -2.14. The summed E-state index contributed by atoms with van der Waals surface area (Å²) in [4.78, 5) is 37.0. The van der Waals surface area contributed by atoms with Crippen LogP contribution in [0.2, 0.25) is 0 Å². The highest BCUT2D eigenvalue weighted by molar-refractivity contribution is 5.73. The summed E-state index contributed by atoms with van der Waals surface area (Å²) in [7, 11) is 0. The molecule has 118 valence electrons. The normalized spacial score (nSPS) is 7.91. The molecule has 0 spiro atoms. The van der Waals surface area contributed by atoms with Crippen molar-refractivity contribution in [3.05, 3.63) is 22.8 Å². The minimum atomic E-state index is -0.659. The highest BCUT2D eigenvalue weighted by Gasteiger charge is 2.05. The van der Waals surface area contributed by atoms with E-state index in [9.17, 15) is 14.4 Å². The Morgan fingerprint density at radius 3 is 1.82 bits per heavy atom. The van der Waals surface area contributed by atoms with Gasteiger partial charge in [0.15, 0.2) is 0 Å². The predicted molar refractivity (Wildman–Crippen MR) is 71.7 cm³/mol. The van der Waals surface area contributed by atoms with Gasteiger partial charge < -0.3 is 23.9 Å². The highest BCUT2D eigenvalue weighted by Crippen LogP contribution is 1.86. The van der Waals surface area contributed by atoms with Crippen LogP contribution in [0.15, 0.2) is 0 Å². The monoisotopic (exact) mass is 309 g/mol. The van der Waals surface area contributed by atoms with Gasteiger partial charge in [-0.1, -0.05) is 0 Å². The summed E-state index contributed by atoms with van der Waals surface area (Å²) in [6.45, 7) is 14.0. The number of nitriles is 1. The van der Waals surface area contributed by atoms with Gasteiger partial charge in [-0.3, -0.25) is 4.79 Å². The van der Waals surface area contributed by atoms with Gasteiger partial charge in [0.05, 0.1) is 12.7 Å². The number of hydrogen-bond donors (Lipinski definition) is 0. The number of ether oxygens (including phenoxy) is 3. The predicted octanol–water partition coefficient (Wildman–Crippen LogP) is 0.375. The molecule has 0 aliphatic heterocycles. The molecular formula is C13H15N3O6. The minimum Gasteiger partial charge on any atom is -0.461 e. The Kier molecular flexibility index (Phi) is 15.3. The van der Waals surface area contributed by atoms with Crippen molar-refractivity contribution in [1.82, 2.24) is 0 Å². The van der Waals surface area contributed by atoms with Crippen LogP contribution in [0.3, 0.4) is 0 Å². The number of carbonyl (C=O) groups excluding carboxylic acids is 3. The van der Waals surface area contributed by atoms with Crippen molar-refractivity contribution in [2.75, 3.05) is 32.9 Å². The zero-order valence-corrected chi connectivity index (χ0v) is 12.0. The van der Waals surface area contributed by atoms with Crippen LogP contribution in [0.25, 0.3) is 9.69 Å². The van der Waals surface area contributed by atoms with Crippen molar-refractivity contribution >= 4 is 17.9 Å². The maximum absolute atomic E-state index is 10.6. The topological polar surface area (TPSA) is 111 Å². The fraction of sp³-hybridized carbons (Fsp3) is 0.538. The Bertz CT molecular complexity index is 453. The molecule has 0 N–H and O–H groups in total. The van der Waals surface area contributed by atoms with E-state index in [0.29, 0.717) is 6.61 Å². The number of carbonyl (C=O) groups is 3. The standard InChI is InChI=1S/C8H8N2O4.C5H7NO2/c1-10-6-8(12)14-5-4-13-7(11)2-3-9;1-3-8-5(7)4-6-2/h2,4-6H2;3-4H2,1H3. The zero-order valence-electron chi connectivity index (χ0n) is 12.0. The first kappa shape index (κ1) is 21.2. The molecule has 0 bridgehead atoms. The van der Waals surface area contributed by atoms with Crippen LogP contribution in [-0.4, -0.2) is 50.8 Å². The van der Waals surface area contributed by atoms with Crippen molar-refractivity contribution in [1.29, 1.82) is 5.26 Å². The maximum Gasteiger partial charge on any atom is 0.387 e. The molecule has 0 amide bonds. The molecule has 0 saturated heterocycles. The molecular weight excluding hydrogens is 294 g/mol. The quantitative estimate of drug-likeness (QED) is 0.289. The number of nitrogens with zero attached hydrogens (tertiary/aromatic N) is 3. The van der Waals surface area contributed by atoms with Gasteiger partial charge in [-0.2, -0.15) is 5.26 Å². The van der Waals surface area contributed by atoms with Gasteiger partial charge in [0.25, 0.3) is 0 Å². The molecule has 0 aliphatic rings. The van der Waals surface area contributed by atoms with Crippen molar-refractivity contribution in [2.24, 2.45) is 0 Å². The van der Waals surface area contributed by atoms with Crippen LogP contribution in [-0.2, 0) is 28.6 Å². The summed E-state index contributed by atoms with van der Waals surface area (Å²) in [6, 6.07) is 1.62. The summed E-state index contributed by atoms with van der Waals surface area (Å²) in [6.07, 6.45) is -0.323. The lowest BCUT2D eigenvalue weighted by molar-refractivity contribution is -0.150. The second-order valence-electron chi connectivity index (χ2n) is 3.21. The molecule has 0 fully saturated rings. The molecule has 0 radical (unpaired) electrons. The van der Waals surface area contributed by atoms with E-state index in [1.807, 2.05) is 0 Å². The number of rotatable bonds is 7. The van der Waals surface area contributed by atoms with Crippen LogP contribution in [0.5, 0.6) is 0 Å². The number of hydrogen-bond acceptors (Lipinski definition) is 7. The Balaban J connectivity index is 0. The van der Waals surface area contributed by atoms with Crippen molar-refractivity contribution < 1.29 is 28.6 Å². The Morgan fingerprint density at radius 1 is 0.955 bits per heavy atom. The first-order chi connectivity index (χ1) is 10.5. The maximum atomic E-state index is 10.6. The van der Waals surface area contributed by atoms with Crippen molar-refractivity contribution in [3.8, 4) is 6.07 Å². The molecule has 0 aromatic carbocycles. The Labute approximate surface area is 128 Å². The van der Waals surface area contributed by atoms with E-state index in [2.05, 4.69) is 23.9 Å². The minimum absolute atomic E-state index is 0.0917. The Morgan fingerprint density at radius 2 is 1.41 bits per heavy atom. The largest absolute Gasteiger partial charge is 0.461 e. The Hall–Kier alpha value is -3.12. The molecule has 22 heavy (non-hydrogen) atoms. The van der Waals surface area contributed by atoms with Crippen molar-refractivity contribution in [3.63, 3.8) is 0 Å². The third kappa shape index (κ3) is 16.9. The lowest BCUT2D eigenvalue weighted by Gasteiger charge is -2.01. The van der Waals surface area contributed by atoms with E-state index in [0.717, 1.165) is 0 Å². The molecule has 0 aromatic heterocycles. The SMILES string of the molecule is [C-]#[N+]CC(=O)OCC.[C-]#[N+]CC(=O)OCCOC(=O)CC#N. The summed E-state index contributed by atoms with van der Waals surface area (Å²) in [5.74, 6) is -1.76. The van der Waals surface area contributed by atoms with Gasteiger partial charge in [-0.05, 0) is 6.92 Å². The molecule has 9 heteroatoms. The average Bonchev–Trinajstić information content (AvgIpc) is 2.45. The zero-order chi connectivity index (χ0) is 17.2. The molecule has 0 rings (SSSR count). The van der Waals surface area contributed by atoms with E-state index in [1.165, 1.54) is 0 Å². The molecule has 0 atom stereocenters. The third-order valence-electron chi connectivity index (χ3n) is 1.55. The second-order valence-corrected chi connectivity index (χ2v) is 3.21. The smallest absolute Gasteiger partial charge is 0.387 e. The van der Waals surface area contributed by atoms with Gasteiger partial charge in [0, 0.05) is 0 Å². The molecule has 0 unspecified atom stereocenters. The van der Waals surface area contributed by atoms with Gasteiger partial charge in [0.2, 0.25) is 0 Å². The molecule has 0 saturated carbocycles. The van der Waals surface area contributed by atoms with E-state index in [1.54, 1.807) is 13.0 Å². The third-order valence-corrected chi connectivity index (χ3v) is 1.55. The molecule has 0 aliphatic carbocycles. The van der Waals surface area contributed by atoms with Crippen LogP contribution in [0.1, 0.15) is 13.3 Å². The second kappa shape index (κ2) is 15.9. The fourth-order valence-electron chi connectivity index (χ4n) is 0.808. The van der Waals surface area contributed by atoms with Gasteiger partial charge in [-0.25, -0.2) is 22.7 Å². The average molecular weight is 309 g/mol. The lowest BCUT2D eigenvalue weighted by atomic mass is 10.5. The van der Waals surface area contributed by atoms with E-state index in [4.69, 9.17) is 18.4 Å². The molecule has 9 nitrogen and oxygen atoms in total. The van der Waals surface area contributed by atoms with E-state index in [-0.39, 0.29) is 32.7 Å². The summed E-state index contributed by atoms with van der Waals surface area (Å²) in [5.41, 5.74) is 0. The summed E-state index contributed by atoms with van der Waals surface area (Å²) >= 11 is 0. The van der Waals surface area contributed by atoms with Crippen LogP contribution < -0.4 is 0 Å². The fourth-order valence-corrected chi connectivity index (χ4v) is 0.808.